The summed E-state index contributed by atoms with van der Waals surface area (Å²) in [5.74, 6) is 1.74. The lowest BCUT2D eigenvalue weighted by Gasteiger charge is -2.14. The lowest BCUT2D eigenvalue weighted by atomic mass is 10.1. The van der Waals surface area contributed by atoms with E-state index < -0.39 is 0 Å². The largest absolute Gasteiger partial charge is 0.491 e. The molecule has 1 heterocycles. The number of hydrogen-bond acceptors (Lipinski definition) is 3. The summed E-state index contributed by atoms with van der Waals surface area (Å²) < 4.78 is 11.3. The number of fused-ring (bicyclic) bond motifs is 1. The molecule has 0 saturated heterocycles. The normalized spacial score (nSPS) is 20.1. The fraction of sp³-hybridized carbons (Fsp3) is 0.538. The third kappa shape index (κ3) is 2.30. The summed E-state index contributed by atoms with van der Waals surface area (Å²) in [4.78, 5) is 0. The maximum Gasteiger partial charge on any atom is 0.127 e. The van der Waals surface area contributed by atoms with Crippen LogP contribution >= 0.6 is 0 Å². The van der Waals surface area contributed by atoms with E-state index in [4.69, 9.17) is 15.2 Å². The van der Waals surface area contributed by atoms with Gasteiger partial charge in [-0.25, -0.2) is 0 Å². The molecule has 0 bridgehead atoms. The van der Waals surface area contributed by atoms with Crippen molar-refractivity contribution in [3.8, 4) is 11.5 Å². The van der Waals surface area contributed by atoms with E-state index >= 15 is 0 Å². The summed E-state index contributed by atoms with van der Waals surface area (Å²) >= 11 is 0. The first-order valence-electron chi connectivity index (χ1n) is 5.89. The lowest BCUT2D eigenvalue weighted by molar-refractivity contribution is 0.209. The summed E-state index contributed by atoms with van der Waals surface area (Å²) in [5.41, 5.74) is 6.96. The Kier molecular flexibility index (Phi) is 3.34. The van der Waals surface area contributed by atoms with Gasteiger partial charge in [0.05, 0.1) is 12.1 Å². The van der Waals surface area contributed by atoms with Crippen molar-refractivity contribution in [2.24, 2.45) is 5.73 Å². The van der Waals surface area contributed by atoms with Crippen molar-refractivity contribution in [3.05, 3.63) is 23.8 Å². The first-order chi connectivity index (χ1) is 7.70. The van der Waals surface area contributed by atoms with Crippen molar-refractivity contribution in [1.29, 1.82) is 0 Å². The fourth-order valence-electron chi connectivity index (χ4n) is 1.99. The molecule has 2 N–H and O–H groups in total. The number of hydrogen-bond donors (Lipinski definition) is 1. The highest BCUT2D eigenvalue weighted by atomic mass is 16.5. The maximum atomic E-state index is 5.88. The zero-order chi connectivity index (χ0) is 11.5. The SMILES string of the molecule is CCCC(C)Oc1ccc2c(c1)OCC2N. The van der Waals surface area contributed by atoms with Crippen LogP contribution in [0.2, 0.25) is 0 Å². The standard InChI is InChI=1S/C13H19NO2/c1-3-4-9(2)16-10-5-6-11-12(14)8-15-13(11)7-10/h5-7,9,12H,3-4,8,14H2,1-2H3. The van der Waals surface area contributed by atoms with E-state index in [0.29, 0.717) is 6.61 Å². The van der Waals surface area contributed by atoms with E-state index in [2.05, 4.69) is 13.8 Å². The van der Waals surface area contributed by atoms with E-state index in [9.17, 15) is 0 Å². The van der Waals surface area contributed by atoms with E-state index in [1.807, 2.05) is 18.2 Å². The molecule has 0 aromatic heterocycles. The Morgan fingerprint density at radius 3 is 3.12 bits per heavy atom. The van der Waals surface area contributed by atoms with Crippen LogP contribution in [0.25, 0.3) is 0 Å². The molecule has 1 aliphatic heterocycles. The van der Waals surface area contributed by atoms with Gasteiger partial charge in [-0.3, -0.25) is 0 Å². The molecule has 0 saturated carbocycles. The monoisotopic (exact) mass is 221 g/mol. The predicted molar refractivity (Wildman–Crippen MR) is 63.9 cm³/mol. The van der Waals surface area contributed by atoms with E-state index in [0.717, 1.165) is 29.9 Å². The van der Waals surface area contributed by atoms with Crippen LogP contribution in [0.3, 0.4) is 0 Å². The number of rotatable bonds is 4. The summed E-state index contributed by atoms with van der Waals surface area (Å²) in [6, 6.07) is 5.92. The zero-order valence-corrected chi connectivity index (χ0v) is 9.90. The van der Waals surface area contributed by atoms with Crippen molar-refractivity contribution in [2.45, 2.75) is 38.8 Å². The second kappa shape index (κ2) is 4.74. The van der Waals surface area contributed by atoms with Gasteiger partial charge < -0.3 is 15.2 Å². The Morgan fingerprint density at radius 2 is 2.38 bits per heavy atom. The second-order valence-corrected chi connectivity index (χ2v) is 4.33. The Bertz CT molecular complexity index is 365. The molecule has 16 heavy (non-hydrogen) atoms. The summed E-state index contributed by atoms with van der Waals surface area (Å²) in [6.07, 6.45) is 2.45. The van der Waals surface area contributed by atoms with E-state index in [1.54, 1.807) is 0 Å². The minimum atomic E-state index is 0.0112. The van der Waals surface area contributed by atoms with Crippen molar-refractivity contribution in [2.75, 3.05) is 6.61 Å². The van der Waals surface area contributed by atoms with Crippen LogP contribution in [0, 0.1) is 0 Å². The summed E-state index contributed by atoms with van der Waals surface area (Å²) in [7, 11) is 0. The van der Waals surface area contributed by atoms with Crippen LogP contribution in [0.4, 0.5) is 0 Å². The fourth-order valence-corrected chi connectivity index (χ4v) is 1.99. The van der Waals surface area contributed by atoms with Crippen LogP contribution < -0.4 is 15.2 Å². The minimum absolute atomic E-state index is 0.0112. The molecule has 2 unspecified atom stereocenters. The average molecular weight is 221 g/mol. The molecule has 88 valence electrons. The molecule has 0 aliphatic carbocycles. The van der Waals surface area contributed by atoms with Gasteiger partial charge in [0.15, 0.2) is 0 Å². The molecule has 0 amide bonds. The molecule has 0 fully saturated rings. The molecule has 2 atom stereocenters. The van der Waals surface area contributed by atoms with Crippen LogP contribution in [-0.4, -0.2) is 12.7 Å². The Balaban J connectivity index is 2.07. The molecule has 3 nitrogen and oxygen atoms in total. The third-order valence-electron chi connectivity index (χ3n) is 2.84. The van der Waals surface area contributed by atoms with Gasteiger partial charge in [0.2, 0.25) is 0 Å². The number of benzene rings is 1. The van der Waals surface area contributed by atoms with Crippen molar-refractivity contribution in [1.82, 2.24) is 0 Å². The molecule has 1 aliphatic rings. The molecule has 1 aromatic rings. The highest BCUT2D eigenvalue weighted by Gasteiger charge is 2.21. The van der Waals surface area contributed by atoms with Crippen molar-refractivity contribution < 1.29 is 9.47 Å². The molecule has 1 aromatic carbocycles. The first-order valence-corrected chi connectivity index (χ1v) is 5.89. The minimum Gasteiger partial charge on any atom is -0.491 e. The molecule has 2 rings (SSSR count). The summed E-state index contributed by atoms with van der Waals surface area (Å²) in [5, 5.41) is 0. The van der Waals surface area contributed by atoms with Gasteiger partial charge in [-0.1, -0.05) is 13.3 Å². The Hall–Kier alpha value is -1.22. The smallest absolute Gasteiger partial charge is 0.127 e. The van der Waals surface area contributed by atoms with E-state index in [-0.39, 0.29) is 12.1 Å². The second-order valence-electron chi connectivity index (χ2n) is 4.33. The molecule has 3 heteroatoms. The van der Waals surface area contributed by atoms with Crippen LogP contribution in [0.1, 0.15) is 38.3 Å². The Morgan fingerprint density at radius 1 is 1.56 bits per heavy atom. The molecular weight excluding hydrogens is 202 g/mol. The third-order valence-corrected chi connectivity index (χ3v) is 2.84. The first kappa shape index (κ1) is 11.3. The van der Waals surface area contributed by atoms with Gasteiger partial charge in [-0.2, -0.15) is 0 Å². The lowest BCUT2D eigenvalue weighted by Crippen LogP contribution is -2.11. The summed E-state index contributed by atoms with van der Waals surface area (Å²) in [6.45, 7) is 4.82. The van der Waals surface area contributed by atoms with Crippen LogP contribution in [-0.2, 0) is 0 Å². The van der Waals surface area contributed by atoms with Gasteiger partial charge in [-0.05, 0) is 25.5 Å². The van der Waals surface area contributed by atoms with Crippen LogP contribution in [0.5, 0.6) is 11.5 Å². The van der Waals surface area contributed by atoms with Crippen LogP contribution in [0.15, 0.2) is 18.2 Å². The Labute approximate surface area is 96.5 Å². The quantitative estimate of drug-likeness (QED) is 0.850. The molecular formula is C13H19NO2. The van der Waals surface area contributed by atoms with Gasteiger partial charge in [0.1, 0.15) is 18.1 Å². The zero-order valence-electron chi connectivity index (χ0n) is 9.90. The molecule has 0 radical (unpaired) electrons. The van der Waals surface area contributed by atoms with Gasteiger partial charge in [0.25, 0.3) is 0 Å². The van der Waals surface area contributed by atoms with E-state index in [1.165, 1.54) is 0 Å². The van der Waals surface area contributed by atoms with Gasteiger partial charge in [-0.15, -0.1) is 0 Å². The van der Waals surface area contributed by atoms with Gasteiger partial charge in [0, 0.05) is 11.6 Å². The highest BCUT2D eigenvalue weighted by Crippen LogP contribution is 2.34. The van der Waals surface area contributed by atoms with Crippen molar-refractivity contribution >= 4 is 0 Å². The predicted octanol–water partition coefficient (Wildman–Crippen LogP) is 2.65. The number of nitrogens with two attached hydrogens (primary N) is 1. The van der Waals surface area contributed by atoms with Gasteiger partial charge >= 0.3 is 0 Å². The maximum absolute atomic E-state index is 5.88. The number of ether oxygens (including phenoxy) is 2. The van der Waals surface area contributed by atoms with Crippen molar-refractivity contribution in [3.63, 3.8) is 0 Å². The topological polar surface area (TPSA) is 44.5 Å². The molecule has 0 spiro atoms. The average Bonchev–Trinajstić information content (AvgIpc) is 2.60. The highest BCUT2D eigenvalue weighted by molar-refractivity contribution is 5.44.